The first-order chi connectivity index (χ1) is 12.1. The van der Waals surface area contributed by atoms with Gasteiger partial charge in [-0.15, -0.1) is 0 Å². The average Bonchev–Trinajstić information content (AvgIpc) is 3.30. The van der Waals surface area contributed by atoms with E-state index in [0.717, 1.165) is 51.5 Å². The summed E-state index contributed by atoms with van der Waals surface area (Å²) in [5.74, 6) is 1.32. The number of carbonyl (C=O) groups excluding carboxylic acids is 1. The molecule has 0 aromatic carbocycles. The lowest BCUT2D eigenvalue weighted by molar-refractivity contribution is -0.136. The number of nitrogens with zero attached hydrogens (tertiary/aromatic N) is 5. The minimum atomic E-state index is -0.633. The number of hydrogen-bond donors (Lipinski definition) is 0. The van der Waals surface area contributed by atoms with Crippen molar-refractivity contribution in [2.45, 2.75) is 69.9 Å². The number of nitriles is 1. The zero-order valence-electron chi connectivity index (χ0n) is 15.2. The number of aromatic nitrogens is 2. The SMILES string of the molecule is CCc1nc([C@@H]2CCCN2CC(=O)N(C)C2(C#N)CCCCC2)no1. The molecule has 1 aromatic rings. The highest BCUT2D eigenvalue weighted by molar-refractivity contribution is 5.79. The highest BCUT2D eigenvalue weighted by Crippen LogP contribution is 2.34. The first kappa shape index (κ1) is 17.9. The van der Waals surface area contributed by atoms with Gasteiger partial charge in [0.1, 0.15) is 5.54 Å². The van der Waals surface area contributed by atoms with Gasteiger partial charge in [-0.2, -0.15) is 10.2 Å². The largest absolute Gasteiger partial charge is 0.339 e. The lowest BCUT2D eigenvalue weighted by Crippen LogP contribution is -2.52. The van der Waals surface area contributed by atoms with Gasteiger partial charge in [0.15, 0.2) is 5.82 Å². The maximum absolute atomic E-state index is 12.9. The highest BCUT2D eigenvalue weighted by Gasteiger charge is 2.40. The summed E-state index contributed by atoms with van der Waals surface area (Å²) in [6, 6.07) is 2.46. The topological polar surface area (TPSA) is 86.3 Å². The Morgan fingerprint density at radius 1 is 1.40 bits per heavy atom. The summed E-state index contributed by atoms with van der Waals surface area (Å²) in [5.41, 5.74) is -0.633. The number of likely N-dealkylation sites (tertiary alicyclic amines) is 1. The van der Waals surface area contributed by atoms with Gasteiger partial charge in [-0.3, -0.25) is 9.69 Å². The van der Waals surface area contributed by atoms with Gasteiger partial charge >= 0.3 is 0 Å². The summed E-state index contributed by atoms with van der Waals surface area (Å²) in [4.78, 5) is 21.1. The Bertz CT molecular complexity index is 644. The van der Waals surface area contributed by atoms with E-state index in [9.17, 15) is 10.1 Å². The Morgan fingerprint density at radius 2 is 2.16 bits per heavy atom. The van der Waals surface area contributed by atoms with Crippen molar-refractivity contribution in [3.8, 4) is 6.07 Å². The summed E-state index contributed by atoms with van der Waals surface area (Å²) in [6.07, 6.45) is 7.40. The molecular formula is C18H27N5O2. The normalized spacial score (nSPS) is 23.3. The Hall–Kier alpha value is -1.94. The first-order valence-corrected chi connectivity index (χ1v) is 9.34. The minimum Gasteiger partial charge on any atom is -0.339 e. The van der Waals surface area contributed by atoms with Gasteiger partial charge in [0.25, 0.3) is 0 Å². The van der Waals surface area contributed by atoms with E-state index in [2.05, 4.69) is 21.1 Å². The van der Waals surface area contributed by atoms with Gasteiger partial charge in [-0.05, 0) is 32.2 Å². The third-order valence-electron chi connectivity index (χ3n) is 5.69. The van der Waals surface area contributed by atoms with Crippen molar-refractivity contribution < 1.29 is 9.32 Å². The van der Waals surface area contributed by atoms with Crippen LogP contribution in [-0.2, 0) is 11.2 Å². The third-order valence-corrected chi connectivity index (χ3v) is 5.69. The van der Waals surface area contributed by atoms with E-state index in [0.29, 0.717) is 24.7 Å². The van der Waals surface area contributed by atoms with Crippen LogP contribution in [0.5, 0.6) is 0 Å². The molecule has 25 heavy (non-hydrogen) atoms. The van der Waals surface area contributed by atoms with Crippen LogP contribution in [0, 0.1) is 11.3 Å². The summed E-state index contributed by atoms with van der Waals surface area (Å²) < 4.78 is 5.23. The van der Waals surface area contributed by atoms with Crippen LogP contribution in [0.4, 0.5) is 0 Å². The molecule has 1 aliphatic heterocycles. The van der Waals surface area contributed by atoms with E-state index in [1.165, 1.54) is 0 Å². The maximum Gasteiger partial charge on any atom is 0.237 e. The second-order valence-corrected chi connectivity index (χ2v) is 7.19. The van der Waals surface area contributed by atoms with Gasteiger partial charge in [-0.1, -0.05) is 31.3 Å². The number of carbonyl (C=O) groups is 1. The summed E-state index contributed by atoms with van der Waals surface area (Å²) >= 11 is 0. The molecule has 1 atom stereocenters. The molecule has 0 spiro atoms. The molecule has 0 bridgehead atoms. The van der Waals surface area contributed by atoms with Gasteiger partial charge in [0.05, 0.1) is 18.7 Å². The molecule has 1 aromatic heterocycles. The predicted octanol–water partition coefficient (Wildman–Crippen LogP) is 2.45. The van der Waals surface area contributed by atoms with E-state index < -0.39 is 5.54 Å². The molecule has 7 heteroatoms. The molecule has 7 nitrogen and oxygen atoms in total. The molecule has 2 heterocycles. The van der Waals surface area contributed by atoms with E-state index in [1.54, 1.807) is 11.9 Å². The third kappa shape index (κ3) is 3.54. The predicted molar refractivity (Wildman–Crippen MR) is 91.4 cm³/mol. The number of rotatable bonds is 5. The van der Waals surface area contributed by atoms with Crippen molar-refractivity contribution in [2.24, 2.45) is 0 Å². The van der Waals surface area contributed by atoms with E-state index >= 15 is 0 Å². The molecule has 0 radical (unpaired) electrons. The summed E-state index contributed by atoms with van der Waals surface area (Å²) in [5, 5.41) is 13.8. The van der Waals surface area contributed by atoms with Crippen LogP contribution < -0.4 is 0 Å². The highest BCUT2D eigenvalue weighted by atomic mass is 16.5. The Kier molecular flexibility index (Phi) is 5.38. The van der Waals surface area contributed by atoms with E-state index in [-0.39, 0.29) is 11.9 Å². The van der Waals surface area contributed by atoms with Crippen molar-refractivity contribution in [1.29, 1.82) is 5.26 Å². The van der Waals surface area contributed by atoms with Crippen LogP contribution in [0.15, 0.2) is 4.52 Å². The quantitative estimate of drug-likeness (QED) is 0.815. The molecule has 1 amide bonds. The second kappa shape index (κ2) is 7.52. The lowest BCUT2D eigenvalue weighted by Gasteiger charge is -2.39. The van der Waals surface area contributed by atoms with Crippen molar-refractivity contribution in [1.82, 2.24) is 19.9 Å². The summed E-state index contributed by atoms with van der Waals surface area (Å²) in [7, 11) is 1.78. The fourth-order valence-electron chi connectivity index (χ4n) is 4.03. The van der Waals surface area contributed by atoms with Crippen LogP contribution in [0.1, 0.15) is 69.6 Å². The average molecular weight is 345 g/mol. The van der Waals surface area contributed by atoms with Crippen molar-refractivity contribution in [3.05, 3.63) is 11.7 Å². The molecule has 0 unspecified atom stereocenters. The summed E-state index contributed by atoms with van der Waals surface area (Å²) in [6.45, 7) is 3.13. The van der Waals surface area contributed by atoms with Crippen molar-refractivity contribution in [2.75, 3.05) is 20.1 Å². The zero-order chi connectivity index (χ0) is 17.9. The molecule has 1 saturated carbocycles. The zero-order valence-corrected chi connectivity index (χ0v) is 15.2. The molecular weight excluding hydrogens is 318 g/mol. The number of likely N-dealkylation sites (N-methyl/N-ethyl adjacent to an activating group) is 1. The number of amides is 1. The fraction of sp³-hybridized carbons (Fsp3) is 0.778. The van der Waals surface area contributed by atoms with Crippen LogP contribution in [0.3, 0.4) is 0 Å². The van der Waals surface area contributed by atoms with Crippen LogP contribution in [0.25, 0.3) is 0 Å². The molecule has 136 valence electrons. The number of aryl methyl sites for hydroxylation is 1. The van der Waals surface area contributed by atoms with E-state index in [1.807, 2.05) is 6.92 Å². The molecule has 3 rings (SSSR count). The van der Waals surface area contributed by atoms with Crippen molar-refractivity contribution in [3.63, 3.8) is 0 Å². The Balaban J connectivity index is 1.67. The standard InChI is InChI=1S/C18H27N5O2/c1-3-15-20-17(21-25-15)14-8-7-11-23(14)12-16(24)22(2)18(13-19)9-5-4-6-10-18/h14H,3-12H2,1-2H3/t14-/m0/s1. The minimum absolute atomic E-state index is 0.00885. The van der Waals surface area contributed by atoms with Crippen molar-refractivity contribution >= 4 is 5.91 Å². The van der Waals surface area contributed by atoms with Gasteiger partial charge < -0.3 is 9.42 Å². The molecule has 2 fully saturated rings. The molecule has 0 N–H and O–H groups in total. The first-order valence-electron chi connectivity index (χ1n) is 9.34. The fourth-order valence-corrected chi connectivity index (χ4v) is 4.03. The van der Waals surface area contributed by atoms with Gasteiger partial charge in [0.2, 0.25) is 11.8 Å². The lowest BCUT2D eigenvalue weighted by atomic mass is 9.81. The molecule has 1 saturated heterocycles. The molecule has 2 aliphatic rings. The Labute approximate surface area is 149 Å². The van der Waals surface area contributed by atoms with Crippen LogP contribution >= 0.6 is 0 Å². The van der Waals surface area contributed by atoms with Gasteiger partial charge in [-0.25, -0.2) is 0 Å². The number of hydrogen-bond acceptors (Lipinski definition) is 6. The van der Waals surface area contributed by atoms with E-state index in [4.69, 9.17) is 4.52 Å². The smallest absolute Gasteiger partial charge is 0.237 e. The Morgan fingerprint density at radius 3 is 2.80 bits per heavy atom. The van der Waals surface area contributed by atoms with Crippen LogP contribution in [0.2, 0.25) is 0 Å². The molecule has 1 aliphatic carbocycles. The van der Waals surface area contributed by atoms with Gasteiger partial charge in [0, 0.05) is 13.5 Å². The second-order valence-electron chi connectivity index (χ2n) is 7.19. The maximum atomic E-state index is 12.9. The van der Waals surface area contributed by atoms with Crippen LogP contribution in [-0.4, -0.2) is 51.5 Å². The monoisotopic (exact) mass is 345 g/mol.